The van der Waals surface area contributed by atoms with Crippen LogP contribution in [0.2, 0.25) is 0 Å². The van der Waals surface area contributed by atoms with Gasteiger partial charge in [-0.1, -0.05) is 357 Å². The molecule has 0 radical (unpaired) electrons. The van der Waals surface area contributed by atoms with Crippen molar-refractivity contribution in [1.29, 1.82) is 0 Å². The van der Waals surface area contributed by atoms with Gasteiger partial charge in [0.2, 0.25) is 0 Å². The maximum Gasteiger partial charge on any atom is 0.472 e. The van der Waals surface area contributed by atoms with E-state index in [1.807, 2.05) is 0 Å². The molecule has 0 aliphatic rings. The molecule has 0 amide bonds. The van der Waals surface area contributed by atoms with Crippen LogP contribution in [0.3, 0.4) is 0 Å². The molecule has 98 heavy (non-hydrogen) atoms. The molecular weight excluding hydrogens is 1280 g/mol. The average Bonchev–Trinajstić information content (AvgIpc) is 0.929. The summed E-state index contributed by atoms with van der Waals surface area (Å²) in [5.74, 6) is 0.106. The van der Waals surface area contributed by atoms with E-state index in [-0.39, 0.29) is 25.7 Å². The maximum atomic E-state index is 13.1. The molecule has 0 spiro atoms. The number of hydrogen-bond acceptors (Lipinski definition) is 15. The molecule has 0 aromatic rings. The lowest BCUT2D eigenvalue weighted by molar-refractivity contribution is -0.161. The van der Waals surface area contributed by atoms with Crippen molar-refractivity contribution in [3.8, 4) is 0 Å². The second-order valence-electron chi connectivity index (χ2n) is 29.9. The van der Waals surface area contributed by atoms with Crippen molar-refractivity contribution < 1.29 is 80.2 Å². The minimum absolute atomic E-state index is 0.105. The van der Waals surface area contributed by atoms with E-state index in [4.69, 9.17) is 37.0 Å². The van der Waals surface area contributed by atoms with Crippen molar-refractivity contribution in [2.24, 2.45) is 17.8 Å². The van der Waals surface area contributed by atoms with Crippen LogP contribution in [0.1, 0.15) is 408 Å². The summed E-state index contributed by atoms with van der Waals surface area (Å²) in [5.41, 5.74) is 0. The molecular formula is C79H154O17P2. The van der Waals surface area contributed by atoms with Crippen LogP contribution >= 0.6 is 15.6 Å². The molecule has 2 unspecified atom stereocenters. The molecule has 0 aromatic carbocycles. The van der Waals surface area contributed by atoms with Gasteiger partial charge >= 0.3 is 39.5 Å². The first-order valence-electron chi connectivity index (χ1n) is 40.8. The molecule has 582 valence electrons. The van der Waals surface area contributed by atoms with Crippen LogP contribution in [0.15, 0.2) is 0 Å². The topological polar surface area (TPSA) is 237 Å². The summed E-state index contributed by atoms with van der Waals surface area (Å²) in [6.45, 7) is 11.8. The third-order valence-electron chi connectivity index (χ3n) is 18.4. The monoisotopic (exact) mass is 1440 g/mol. The summed E-state index contributed by atoms with van der Waals surface area (Å²) >= 11 is 0. The van der Waals surface area contributed by atoms with Crippen molar-refractivity contribution in [3.05, 3.63) is 0 Å². The number of ether oxygens (including phenoxy) is 4. The standard InChI is InChI=1S/C79H154O17P2/c1-8-9-10-11-12-13-14-15-16-17-18-19-20-21-24-28-34-39-48-55-62-78(83)95-74(66-89-76(81)60-53-46-38-33-27-25-22-23-26-31-36-43-50-57-70(2)3)68-93-97(85,86)91-64-73(80)65-92-98(87,88)94-69-75(67-90-77(82)61-54-47-42-41-45-52-59-72(6)7)96-79(84)63-56-49-40-35-30-29-32-37-44-51-58-71(4)5/h70-75,80H,8-69H2,1-7H3,(H,85,86)(H,87,88)/t73-,74-,75-/m1/s1. The fourth-order valence-corrected chi connectivity index (χ4v) is 13.7. The van der Waals surface area contributed by atoms with Gasteiger partial charge in [0, 0.05) is 25.7 Å². The van der Waals surface area contributed by atoms with Gasteiger partial charge in [-0.15, -0.1) is 0 Å². The molecule has 0 heterocycles. The first kappa shape index (κ1) is 96.1. The zero-order valence-electron chi connectivity index (χ0n) is 64.3. The van der Waals surface area contributed by atoms with Crippen LogP contribution in [-0.4, -0.2) is 96.7 Å². The molecule has 17 nitrogen and oxygen atoms in total. The third kappa shape index (κ3) is 72.4. The Labute approximate surface area is 600 Å². The number of aliphatic hydroxyl groups is 1. The number of phosphoric acid groups is 2. The maximum absolute atomic E-state index is 13.1. The predicted molar refractivity (Wildman–Crippen MR) is 400 cm³/mol. The van der Waals surface area contributed by atoms with Crippen LogP contribution in [0.4, 0.5) is 0 Å². The summed E-state index contributed by atoms with van der Waals surface area (Å²) in [6.07, 6.45) is 57.1. The zero-order valence-corrected chi connectivity index (χ0v) is 66.0. The van der Waals surface area contributed by atoms with Crippen LogP contribution < -0.4 is 0 Å². The van der Waals surface area contributed by atoms with E-state index in [2.05, 4.69) is 48.5 Å². The Bertz CT molecular complexity index is 1900. The summed E-state index contributed by atoms with van der Waals surface area (Å²) in [4.78, 5) is 72.9. The third-order valence-corrected chi connectivity index (χ3v) is 20.3. The highest BCUT2D eigenvalue weighted by molar-refractivity contribution is 7.47. The number of hydrogen-bond donors (Lipinski definition) is 3. The second kappa shape index (κ2) is 69.4. The minimum Gasteiger partial charge on any atom is -0.462 e. The van der Waals surface area contributed by atoms with Gasteiger partial charge < -0.3 is 33.8 Å². The Morgan fingerprint density at radius 2 is 0.469 bits per heavy atom. The predicted octanol–water partition coefficient (Wildman–Crippen LogP) is 23.4. The van der Waals surface area contributed by atoms with Crippen LogP contribution in [0, 0.1) is 17.8 Å². The van der Waals surface area contributed by atoms with Crippen molar-refractivity contribution in [3.63, 3.8) is 0 Å². The van der Waals surface area contributed by atoms with Gasteiger partial charge in [-0.2, -0.15) is 0 Å². The molecule has 0 saturated heterocycles. The van der Waals surface area contributed by atoms with Crippen molar-refractivity contribution in [1.82, 2.24) is 0 Å². The Morgan fingerprint density at radius 1 is 0.276 bits per heavy atom. The van der Waals surface area contributed by atoms with Gasteiger partial charge in [-0.05, 0) is 43.4 Å². The quantitative estimate of drug-likeness (QED) is 0.0222. The summed E-state index contributed by atoms with van der Waals surface area (Å²) in [5, 5.41) is 10.6. The lowest BCUT2D eigenvalue weighted by Gasteiger charge is -2.21. The molecule has 0 saturated carbocycles. The number of unbranched alkanes of at least 4 members (excludes halogenated alkanes) is 45. The molecule has 19 heteroatoms. The smallest absolute Gasteiger partial charge is 0.462 e. The number of carbonyl (C=O) groups excluding carboxylic acids is 4. The fourth-order valence-electron chi connectivity index (χ4n) is 12.1. The number of phosphoric ester groups is 2. The average molecular weight is 1440 g/mol. The van der Waals surface area contributed by atoms with Gasteiger partial charge in [-0.25, -0.2) is 9.13 Å². The highest BCUT2D eigenvalue weighted by Crippen LogP contribution is 2.45. The van der Waals surface area contributed by atoms with Gasteiger partial charge in [-0.3, -0.25) is 37.3 Å². The second-order valence-corrected chi connectivity index (χ2v) is 32.8. The molecule has 0 aromatic heterocycles. The van der Waals surface area contributed by atoms with Crippen molar-refractivity contribution in [2.75, 3.05) is 39.6 Å². The Morgan fingerprint density at radius 3 is 0.694 bits per heavy atom. The summed E-state index contributed by atoms with van der Waals surface area (Å²) in [6, 6.07) is 0. The Kier molecular flexibility index (Phi) is 68.1. The van der Waals surface area contributed by atoms with Gasteiger partial charge in [0.1, 0.15) is 19.3 Å². The zero-order chi connectivity index (χ0) is 72.3. The highest BCUT2D eigenvalue weighted by Gasteiger charge is 2.30. The number of esters is 4. The first-order chi connectivity index (χ1) is 47.2. The summed E-state index contributed by atoms with van der Waals surface area (Å²) in [7, 11) is -9.92. The van der Waals surface area contributed by atoms with E-state index in [1.54, 1.807) is 0 Å². The molecule has 0 fully saturated rings. The van der Waals surface area contributed by atoms with Crippen molar-refractivity contribution in [2.45, 2.75) is 426 Å². The Hall–Kier alpha value is -1.94. The largest absolute Gasteiger partial charge is 0.472 e. The van der Waals surface area contributed by atoms with E-state index in [0.717, 1.165) is 108 Å². The van der Waals surface area contributed by atoms with E-state index in [0.29, 0.717) is 31.6 Å². The molecule has 0 bridgehead atoms. The van der Waals surface area contributed by atoms with E-state index in [1.165, 1.54) is 212 Å². The normalized spacial score (nSPS) is 14.0. The lowest BCUT2D eigenvalue weighted by Crippen LogP contribution is -2.30. The first-order valence-corrected chi connectivity index (χ1v) is 43.8. The number of carbonyl (C=O) groups is 4. The fraction of sp³-hybridized carbons (Fsp3) is 0.949. The number of aliphatic hydroxyl groups excluding tert-OH is 1. The van der Waals surface area contributed by atoms with E-state index < -0.39 is 97.5 Å². The van der Waals surface area contributed by atoms with Crippen LogP contribution in [-0.2, 0) is 65.4 Å². The van der Waals surface area contributed by atoms with Gasteiger partial charge in [0.15, 0.2) is 12.2 Å². The summed E-state index contributed by atoms with van der Waals surface area (Å²) < 4.78 is 68.6. The van der Waals surface area contributed by atoms with Gasteiger partial charge in [0.25, 0.3) is 0 Å². The molecule has 0 aliphatic heterocycles. The Balaban J connectivity index is 5.22. The van der Waals surface area contributed by atoms with Gasteiger partial charge in [0.05, 0.1) is 26.4 Å². The molecule has 0 rings (SSSR count). The van der Waals surface area contributed by atoms with Crippen LogP contribution in [0.25, 0.3) is 0 Å². The number of rotatable bonds is 77. The molecule has 3 N–H and O–H groups in total. The van der Waals surface area contributed by atoms with Crippen LogP contribution in [0.5, 0.6) is 0 Å². The van der Waals surface area contributed by atoms with E-state index in [9.17, 15) is 43.2 Å². The molecule has 5 atom stereocenters. The SMILES string of the molecule is CCCCCCCCCCCCCCCCCCCCCCC(=O)O[C@H](COC(=O)CCCCCCCCCCCCCCCC(C)C)COP(=O)(O)OC[C@@H](O)COP(=O)(O)OC[C@@H](COC(=O)CCCCCCCCC(C)C)OC(=O)CCCCCCCCCCCCC(C)C. The van der Waals surface area contributed by atoms with E-state index >= 15 is 0 Å². The molecule has 0 aliphatic carbocycles. The highest BCUT2D eigenvalue weighted by atomic mass is 31.2. The van der Waals surface area contributed by atoms with Crippen molar-refractivity contribution >= 4 is 39.5 Å². The lowest BCUT2D eigenvalue weighted by atomic mass is 10.0. The minimum atomic E-state index is -4.96.